The Kier molecular flexibility index (Phi) is 4.75. The van der Waals surface area contributed by atoms with Crippen molar-refractivity contribution in [3.63, 3.8) is 0 Å². The smallest absolute Gasteiger partial charge is 0.322 e. The molecule has 0 saturated carbocycles. The minimum absolute atomic E-state index is 0.150. The van der Waals surface area contributed by atoms with Crippen molar-refractivity contribution < 1.29 is 33.4 Å². The van der Waals surface area contributed by atoms with Crippen molar-refractivity contribution in [2.45, 2.75) is 37.1 Å². The second-order valence-electron chi connectivity index (χ2n) is 9.69. The van der Waals surface area contributed by atoms with Crippen LogP contribution in [-0.4, -0.2) is 65.5 Å². The molecule has 0 bridgehead atoms. The molecule has 3 atom stereocenters. The molecule has 12 nitrogen and oxygen atoms in total. The van der Waals surface area contributed by atoms with Gasteiger partial charge < -0.3 is 25.0 Å². The van der Waals surface area contributed by atoms with E-state index in [4.69, 9.17) is 9.47 Å². The molecule has 0 spiro atoms. The maximum Gasteiger partial charge on any atom is 0.322 e. The van der Waals surface area contributed by atoms with E-state index in [1.165, 1.54) is 12.0 Å². The first kappa shape index (κ1) is 22.8. The van der Waals surface area contributed by atoms with E-state index in [2.05, 4.69) is 21.3 Å². The number of carbonyl (C=O) groups excluding carboxylic acids is 5. The molecule has 4 aliphatic heterocycles. The topological polar surface area (TPSA) is 155 Å². The second-order valence-corrected chi connectivity index (χ2v) is 9.69. The van der Waals surface area contributed by atoms with Gasteiger partial charge in [0.2, 0.25) is 0 Å². The largest absolute Gasteiger partial charge is 0.497 e. The highest BCUT2D eigenvalue weighted by atomic mass is 16.5. The van der Waals surface area contributed by atoms with Crippen molar-refractivity contribution in [3.8, 4) is 5.75 Å². The normalized spacial score (nSPS) is 29.9. The fourth-order valence-corrected chi connectivity index (χ4v) is 5.35. The van der Waals surface area contributed by atoms with E-state index in [1.807, 2.05) is 0 Å². The molecule has 1 aliphatic carbocycles. The maximum absolute atomic E-state index is 13.2. The summed E-state index contributed by atoms with van der Waals surface area (Å²) in [6.45, 7) is 1.71. The first-order valence-electron chi connectivity index (χ1n) is 11.7. The molecular weight excluding hydrogens is 482 g/mol. The van der Waals surface area contributed by atoms with Gasteiger partial charge in [-0.05, 0) is 47.9 Å². The third-order valence-electron chi connectivity index (χ3n) is 7.42. The van der Waals surface area contributed by atoms with Crippen LogP contribution in [0.15, 0.2) is 53.3 Å². The van der Waals surface area contributed by atoms with Gasteiger partial charge in [-0.25, -0.2) is 9.59 Å². The van der Waals surface area contributed by atoms with Crippen LogP contribution in [0.3, 0.4) is 0 Å². The molecule has 0 radical (unpaired) electrons. The second kappa shape index (κ2) is 7.69. The van der Waals surface area contributed by atoms with Crippen LogP contribution in [0.1, 0.15) is 29.3 Å². The Hall–Kier alpha value is -4.61. The van der Waals surface area contributed by atoms with Gasteiger partial charge in [0.05, 0.1) is 13.7 Å². The fraction of sp³-hybridized carbons (Fsp3) is 0.320. The number of nitrogens with zero attached hydrogens (tertiary/aromatic N) is 1. The highest BCUT2D eigenvalue weighted by Crippen LogP contribution is 2.40. The number of ether oxygens (including phenoxy) is 2. The van der Waals surface area contributed by atoms with E-state index in [1.54, 1.807) is 43.4 Å². The molecule has 4 N–H and O–H groups in total. The Balaban J connectivity index is 1.32. The van der Waals surface area contributed by atoms with Crippen molar-refractivity contribution in [2.75, 3.05) is 13.7 Å². The van der Waals surface area contributed by atoms with E-state index < -0.39 is 41.1 Å². The lowest BCUT2D eigenvalue weighted by molar-refractivity contribution is -0.124. The summed E-state index contributed by atoms with van der Waals surface area (Å²) in [5.74, 6) is -0.667. The van der Waals surface area contributed by atoms with Gasteiger partial charge in [0.1, 0.15) is 23.2 Å². The predicted molar refractivity (Wildman–Crippen MR) is 126 cm³/mol. The Morgan fingerprint density at radius 2 is 1.81 bits per heavy atom. The van der Waals surface area contributed by atoms with Crippen LogP contribution in [0.4, 0.5) is 9.59 Å². The van der Waals surface area contributed by atoms with Gasteiger partial charge in [0, 0.05) is 18.5 Å². The summed E-state index contributed by atoms with van der Waals surface area (Å²) in [5.41, 5.74) is -0.372. The SMILES string of the molecule is COc1ccc2c(c1)C(=O)N(CC1(C3=CC4=CC(C5(C)NC(=O)NC5=O)=CCC4O3)NC(=O)NC1=O)C2. The number of imide groups is 2. The van der Waals surface area contributed by atoms with Gasteiger partial charge >= 0.3 is 12.1 Å². The summed E-state index contributed by atoms with van der Waals surface area (Å²) >= 11 is 0. The number of fused-ring (bicyclic) bond motifs is 2. The van der Waals surface area contributed by atoms with Gasteiger partial charge in [0.25, 0.3) is 17.7 Å². The number of methoxy groups -OCH3 is 1. The number of hydrogen-bond acceptors (Lipinski definition) is 7. The van der Waals surface area contributed by atoms with Crippen molar-refractivity contribution in [1.29, 1.82) is 0 Å². The molecule has 7 amide bonds. The first-order chi connectivity index (χ1) is 17.6. The van der Waals surface area contributed by atoms with Crippen LogP contribution in [-0.2, 0) is 20.9 Å². The minimum Gasteiger partial charge on any atom is -0.497 e. The maximum atomic E-state index is 13.2. The first-order valence-corrected chi connectivity index (χ1v) is 11.7. The Morgan fingerprint density at radius 1 is 1.05 bits per heavy atom. The van der Waals surface area contributed by atoms with Crippen LogP contribution in [0.5, 0.6) is 5.75 Å². The van der Waals surface area contributed by atoms with E-state index in [0.29, 0.717) is 28.9 Å². The van der Waals surface area contributed by atoms with Gasteiger partial charge in [-0.3, -0.25) is 25.0 Å². The third-order valence-corrected chi connectivity index (χ3v) is 7.42. The molecule has 6 rings (SSSR count). The van der Waals surface area contributed by atoms with Crippen LogP contribution in [0.25, 0.3) is 0 Å². The molecule has 5 aliphatic rings. The average molecular weight is 505 g/mol. The molecule has 190 valence electrons. The van der Waals surface area contributed by atoms with Crippen LogP contribution >= 0.6 is 0 Å². The van der Waals surface area contributed by atoms with Gasteiger partial charge in [-0.2, -0.15) is 0 Å². The lowest BCUT2D eigenvalue weighted by Gasteiger charge is -2.32. The van der Waals surface area contributed by atoms with Gasteiger partial charge in [-0.15, -0.1) is 0 Å². The number of nitrogens with one attached hydrogen (secondary N) is 4. The number of carbonyl (C=O) groups is 5. The number of benzene rings is 1. The quantitative estimate of drug-likeness (QED) is 0.421. The Labute approximate surface area is 210 Å². The zero-order valence-corrected chi connectivity index (χ0v) is 20.0. The van der Waals surface area contributed by atoms with Crippen molar-refractivity contribution >= 4 is 29.8 Å². The number of amides is 7. The van der Waals surface area contributed by atoms with Crippen molar-refractivity contribution in [1.82, 2.24) is 26.2 Å². The number of urea groups is 2. The van der Waals surface area contributed by atoms with Gasteiger partial charge in [0.15, 0.2) is 5.54 Å². The highest BCUT2D eigenvalue weighted by Gasteiger charge is 2.55. The van der Waals surface area contributed by atoms with E-state index in [-0.39, 0.29) is 24.8 Å². The lowest BCUT2D eigenvalue weighted by Crippen LogP contribution is -2.57. The molecule has 2 saturated heterocycles. The highest BCUT2D eigenvalue weighted by molar-refractivity contribution is 6.10. The van der Waals surface area contributed by atoms with Crippen molar-refractivity contribution in [2.24, 2.45) is 0 Å². The molecule has 3 unspecified atom stereocenters. The summed E-state index contributed by atoms with van der Waals surface area (Å²) in [6.07, 6.45) is 5.10. The number of hydrogen-bond donors (Lipinski definition) is 4. The standard InChI is InChI=1S/C25H23N5O7/c1-24(20(32)26-22(34)28-24)14-4-6-17-13(7-14)8-18(37-17)25(21(33)27-23(35)29-25)11-30-10-12-3-5-15(36-2)9-16(12)19(30)31/h3-5,7-9,17H,6,10-11H2,1-2H3,(H2,26,28,32,34)(H2,27,29,33,35). The fourth-order valence-electron chi connectivity index (χ4n) is 5.35. The number of rotatable bonds is 5. The van der Waals surface area contributed by atoms with Crippen molar-refractivity contribution in [3.05, 3.63) is 64.5 Å². The molecule has 1 aromatic rings. The van der Waals surface area contributed by atoms with E-state index in [0.717, 1.165) is 5.56 Å². The van der Waals surface area contributed by atoms with Gasteiger partial charge in [-0.1, -0.05) is 12.1 Å². The minimum atomic E-state index is -1.64. The van der Waals surface area contributed by atoms with E-state index >= 15 is 0 Å². The monoisotopic (exact) mass is 505 g/mol. The third kappa shape index (κ3) is 3.32. The molecule has 2 fully saturated rings. The summed E-state index contributed by atoms with van der Waals surface area (Å²) in [5, 5.41) is 9.82. The molecule has 12 heteroatoms. The Morgan fingerprint density at radius 3 is 2.49 bits per heavy atom. The summed E-state index contributed by atoms with van der Waals surface area (Å²) < 4.78 is 11.4. The van der Waals surface area contributed by atoms with Crippen LogP contribution < -0.4 is 26.0 Å². The van der Waals surface area contributed by atoms with E-state index in [9.17, 15) is 24.0 Å². The summed E-state index contributed by atoms with van der Waals surface area (Å²) in [7, 11) is 1.51. The molecule has 4 heterocycles. The molecule has 1 aromatic carbocycles. The summed E-state index contributed by atoms with van der Waals surface area (Å²) in [6, 6.07) is 3.93. The lowest BCUT2D eigenvalue weighted by atomic mass is 9.84. The zero-order chi connectivity index (χ0) is 26.1. The Bertz CT molecular complexity index is 1410. The molecular formula is C25H23N5O7. The van der Waals surface area contributed by atoms with Crippen LogP contribution in [0.2, 0.25) is 0 Å². The van der Waals surface area contributed by atoms with Crippen LogP contribution in [0, 0.1) is 0 Å². The predicted octanol–water partition coefficient (Wildman–Crippen LogP) is 0.367. The summed E-state index contributed by atoms with van der Waals surface area (Å²) in [4.78, 5) is 64.3. The zero-order valence-electron chi connectivity index (χ0n) is 20.0. The molecule has 0 aromatic heterocycles. The average Bonchev–Trinajstić information content (AvgIpc) is 3.57. The molecule has 37 heavy (non-hydrogen) atoms.